The summed E-state index contributed by atoms with van der Waals surface area (Å²) >= 11 is 3.48. The summed E-state index contributed by atoms with van der Waals surface area (Å²) in [5.74, 6) is 0.646. The summed E-state index contributed by atoms with van der Waals surface area (Å²) in [6.45, 7) is 7.69. The van der Waals surface area contributed by atoms with Gasteiger partial charge in [-0.3, -0.25) is 0 Å². The van der Waals surface area contributed by atoms with Gasteiger partial charge in [-0.2, -0.15) is 0 Å². The Morgan fingerprint density at radius 2 is 2.20 bits per heavy atom. The molecule has 0 aliphatic heterocycles. The lowest BCUT2D eigenvalue weighted by Crippen LogP contribution is -1.97. The van der Waals surface area contributed by atoms with Crippen molar-refractivity contribution < 1.29 is 4.74 Å². The number of methoxy groups -OCH3 is 1. The zero-order chi connectivity index (χ0) is 14.5. The molecule has 0 N–H and O–H groups in total. The van der Waals surface area contributed by atoms with Crippen molar-refractivity contribution in [2.24, 2.45) is 0 Å². The molecule has 1 aromatic heterocycles. The van der Waals surface area contributed by atoms with Crippen molar-refractivity contribution in [1.29, 1.82) is 0 Å². The van der Waals surface area contributed by atoms with Crippen LogP contribution in [0.25, 0.3) is 10.9 Å². The minimum absolute atomic E-state index is 0.646. The molecule has 0 saturated heterocycles. The first kappa shape index (κ1) is 14.5. The van der Waals surface area contributed by atoms with Crippen molar-refractivity contribution in [3.05, 3.63) is 71.3 Å². The van der Waals surface area contributed by atoms with E-state index in [1.54, 1.807) is 13.2 Å². The summed E-state index contributed by atoms with van der Waals surface area (Å²) < 4.78 is 6.42. The highest BCUT2D eigenvalue weighted by Gasteiger charge is 2.08. The van der Waals surface area contributed by atoms with Crippen LogP contribution in [0.3, 0.4) is 0 Å². The maximum absolute atomic E-state index is 5.38. The number of hydrogen-bond acceptors (Lipinski definition) is 2. The Kier molecular flexibility index (Phi) is 4.74. The number of benzene rings is 1. The summed E-state index contributed by atoms with van der Waals surface area (Å²) in [5.41, 5.74) is 2.93. The SMILES string of the molecule is C=C/C=C\C(=C)Cc1cc2cc(Br)ccc2nc1OC. The maximum atomic E-state index is 5.38. The standard InChI is InChI=1S/C17H16BrNO/c1-4-5-6-12(2)9-14-10-13-11-15(18)7-8-16(13)19-17(14)20-3/h4-8,10-11H,1-2,9H2,3H3/b6-5-. The number of halogens is 1. The Bertz CT molecular complexity index is 689. The van der Waals surface area contributed by atoms with Gasteiger partial charge in [0.25, 0.3) is 0 Å². The average molecular weight is 330 g/mol. The van der Waals surface area contributed by atoms with E-state index in [0.717, 1.165) is 26.5 Å². The predicted octanol–water partition coefficient (Wildman–Crippen LogP) is 4.85. The Labute approximate surface area is 127 Å². The molecule has 2 aromatic rings. The van der Waals surface area contributed by atoms with Crippen LogP contribution in [0.15, 0.2) is 65.7 Å². The minimum atomic E-state index is 0.646. The second-order valence-electron chi connectivity index (χ2n) is 4.42. The fraction of sp³-hybridized carbons (Fsp3) is 0.118. The van der Waals surface area contributed by atoms with Gasteiger partial charge in [0.2, 0.25) is 5.88 Å². The van der Waals surface area contributed by atoms with Crippen LogP contribution in [0.5, 0.6) is 5.88 Å². The summed E-state index contributed by atoms with van der Waals surface area (Å²) in [7, 11) is 1.64. The van der Waals surface area contributed by atoms with Crippen LogP contribution in [0.1, 0.15) is 5.56 Å². The van der Waals surface area contributed by atoms with Gasteiger partial charge in [-0.1, -0.05) is 52.9 Å². The molecule has 0 atom stereocenters. The summed E-state index contributed by atoms with van der Waals surface area (Å²) in [5, 5.41) is 1.08. The van der Waals surface area contributed by atoms with E-state index in [9.17, 15) is 0 Å². The van der Waals surface area contributed by atoms with Crippen LogP contribution < -0.4 is 4.74 Å². The first-order valence-electron chi connectivity index (χ1n) is 6.24. The zero-order valence-electron chi connectivity index (χ0n) is 11.4. The molecule has 3 heteroatoms. The number of pyridine rings is 1. The highest BCUT2D eigenvalue weighted by Crippen LogP contribution is 2.26. The molecule has 0 amide bonds. The number of ether oxygens (including phenoxy) is 1. The third-order valence-corrected chi connectivity index (χ3v) is 3.39. The van der Waals surface area contributed by atoms with Gasteiger partial charge in [-0.25, -0.2) is 4.98 Å². The van der Waals surface area contributed by atoms with Gasteiger partial charge >= 0.3 is 0 Å². The second-order valence-corrected chi connectivity index (χ2v) is 5.34. The van der Waals surface area contributed by atoms with Crippen molar-refractivity contribution in [2.45, 2.75) is 6.42 Å². The van der Waals surface area contributed by atoms with Crippen molar-refractivity contribution in [2.75, 3.05) is 7.11 Å². The third-order valence-electron chi connectivity index (χ3n) is 2.89. The Hall–Kier alpha value is -1.87. The van der Waals surface area contributed by atoms with Gasteiger partial charge in [-0.15, -0.1) is 0 Å². The van der Waals surface area contributed by atoms with E-state index >= 15 is 0 Å². The maximum Gasteiger partial charge on any atom is 0.217 e. The fourth-order valence-electron chi connectivity index (χ4n) is 1.98. The number of hydrogen-bond donors (Lipinski definition) is 0. The number of fused-ring (bicyclic) bond motifs is 1. The van der Waals surface area contributed by atoms with Gasteiger partial charge in [0.1, 0.15) is 0 Å². The van der Waals surface area contributed by atoms with Crippen LogP contribution in [0.2, 0.25) is 0 Å². The van der Waals surface area contributed by atoms with E-state index in [2.05, 4.69) is 40.1 Å². The molecule has 102 valence electrons. The summed E-state index contributed by atoms with van der Waals surface area (Å²) in [6.07, 6.45) is 6.25. The molecule has 20 heavy (non-hydrogen) atoms. The number of nitrogens with zero attached hydrogens (tertiary/aromatic N) is 1. The molecular weight excluding hydrogens is 314 g/mol. The Morgan fingerprint density at radius 3 is 2.90 bits per heavy atom. The Balaban J connectivity index is 2.42. The van der Waals surface area contributed by atoms with Crippen LogP contribution in [-0.2, 0) is 6.42 Å². The highest BCUT2D eigenvalue weighted by atomic mass is 79.9. The van der Waals surface area contributed by atoms with E-state index in [-0.39, 0.29) is 0 Å². The summed E-state index contributed by atoms with van der Waals surface area (Å²) in [6, 6.07) is 8.09. The smallest absolute Gasteiger partial charge is 0.217 e. The molecule has 0 saturated carbocycles. The fourth-order valence-corrected chi connectivity index (χ4v) is 2.36. The second kappa shape index (κ2) is 6.53. The molecule has 0 radical (unpaired) electrons. The Morgan fingerprint density at radius 1 is 1.40 bits per heavy atom. The molecule has 1 aromatic carbocycles. The largest absolute Gasteiger partial charge is 0.481 e. The normalized spacial score (nSPS) is 10.9. The first-order chi connectivity index (χ1) is 9.63. The van der Waals surface area contributed by atoms with Gasteiger partial charge in [0, 0.05) is 21.8 Å². The van der Waals surface area contributed by atoms with Gasteiger partial charge in [0.05, 0.1) is 12.6 Å². The van der Waals surface area contributed by atoms with E-state index in [1.807, 2.05) is 30.4 Å². The van der Waals surface area contributed by atoms with E-state index in [4.69, 9.17) is 4.74 Å². The average Bonchev–Trinajstić information content (AvgIpc) is 2.44. The molecule has 0 bridgehead atoms. The number of rotatable bonds is 5. The minimum Gasteiger partial charge on any atom is -0.481 e. The lowest BCUT2D eigenvalue weighted by Gasteiger charge is -2.09. The van der Waals surface area contributed by atoms with Crippen LogP contribution in [0.4, 0.5) is 0 Å². The molecule has 0 spiro atoms. The quantitative estimate of drug-likeness (QED) is 0.732. The zero-order valence-corrected chi connectivity index (χ0v) is 13.0. The van der Waals surface area contributed by atoms with Crippen LogP contribution >= 0.6 is 15.9 Å². The van der Waals surface area contributed by atoms with Crippen molar-refractivity contribution >= 4 is 26.8 Å². The number of allylic oxidation sites excluding steroid dienone is 4. The summed E-state index contributed by atoms with van der Waals surface area (Å²) in [4.78, 5) is 4.54. The molecular formula is C17H16BrNO. The van der Waals surface area contributed by atoms with E-state index < -0.39 is 0 Å². The molecule has 0 aliphatic rings. The molecule has 0 unspecified atom stereocenters. The molecule has 2 nitrogen and oxygen atoms in total. The topological polar surface area (TPSA) is 22.1 Å². The lowest BCUT2D eigenvalue weighted by atomic mass is 10.0. The van der Waals surface area contributed by atoms with Gasteiger partial charge in [-0.05, 0) is 24.3 Å². The molecule has 2 rings (SSSR count). The molecule has 0 fully saturated rings. The van der Waals surface area contributed by atoms with Crippen molar-refractivity contribution in [1.82, 2.24) is 4.98 Å². The van der Waals surface area contributed by atoms with Gasteiger partial charge < -0.3 is 4.74 Å². The predicted molar refractivity (Wildman–Crippen MR) is 88.2 cm³/mol. The van der Waals surface area contributed by atoms with Crippen LogP contribution in [-0.4, -0.2) is 12.1 Å². The molecule has 1 heterocycles. The number of aromatic nitrogens is 1. The van der Waals surface area contributed by atoms with E-state index in [1.165, 1.54) is 0 Å². The van der Waals surface area contributed by atoms with Crippen LogP contribution in [0, 0.1) is 0 Å². The van der Waals surface area contributed by atoms with Crippen molar-refractivity contribution in [3.63, 3.8) is 0 Å². The van der Waals surface area contributed by atoms with Crippen molar-refractivity contribution in [3.8, 4) is 5.88 Å². The van der Waals surface area contributed by atoms with E-state index in [0.29, 0.717) is 12.3 Å². The highest BCUT2D eigenvalue weighted by molar-refractivity contribution is 9.10. The third kappa shape index (κ3) is 3.36. The molecule has 0 aliphatic carbocycles. The first-order valence-corrected chi connectivity index (χ1v) is 7.03. The monoisotopic (exact) mass is 329 g/mol. The van der Waals surface area contributed by atoms with Gasteiger partial charge in [0.15, 0.2) is 0 Å². The lowest BCUT2D eigenvalue weighted by molar-refractivity contribution is 0.395.